The van der Waals surface area contributed by atoms with Crippen molar-refractivity contribution in [2.24, 2.45) is 0 Å². The molecule has 0 radical (unpaired) electrons. The number of aromatic nitrogens is 2. The fourth-order valence-corrected chi connectivity index (χ4v) is 1.79. The molecular formula is C13H14FN3O2. The Bertz CT molecular complexity index is 581. The number of nitrogens with zero attached hydrogens (tertiary/aromatic N) is 2. The lowest BCUT2D eigenvalue weighted by molar-refractivity contribution is 0.376. The van der Waals surface area contributed by atoms with Crippen molar-refractivity contribution in [3.8, 4) is 17.1 Å². The van der Waals surface area contributed by atoms with Gasteiger partial charge in [0.2, 0.25) is 11.7 Å². The second-order valence-electron chi connectivity index (χ2n) is 4.66. The van der Waals surface area contributed by atoms with E-state index in [1.54, 1.807) is 6.07 Å². The van der Waals surface area contributed by atoms with E-state index in [2.05, 4.69) is 15.5 Å². The van der Waals surface area contributed by atoms with Gasteiger partial charge in [0.15, 0.2) is 11.6 Å². The van der Waals surface area contributed by atoms with E-state index in [0.29, 0.717) is 29.7 Å². The van der Waals surface area contributed by atoms with Crippen LogP contribution < -0.4 is 5.32 Å². The van der Waals surface area contributed by atoms with Gasteiger partial charge in [-0.2, -0.15) is 4.98 Å². The predicted molar refractivity (Wildman–Crippen MR) is 66.1 cm³/mol. The van der Waals surface area contributed by atoms with Crippen LogP contribution in [0.5, 0.6) is 5.75 Å². The summed E-state index contributed by atoms with van der Waals surface area (Å²) in [5.74, 6) is -0.225. The van der Waals surface area contributed by atoms with Gasteiger partial charge in [0, 0.05) is 24.6 Å². The average molecular weight is 263 g/mol. The topological polar surface area (TPSA) is 71.2 Å². The molecule has 1 saturated carbocycles. The van der Waals surface area contributed by atoms with Crippen molar-refractivity contribution in [2.75, 3.05) is 6.54 Å². The third-order valence-corrected chi connectivity index (χ3v) is 3.02. The highest BCUT2D eigenvalue weighted by Crippen LogP contribution is 2.23. The van der Waals surface area contributed by atoms with E-state index in [1.165, 1.54) is 25.0 Å². The van der Waals surface area contributed by atoms with Crippen LogP contribution in [0.15, 0.2) is 22.7 Å². The molecule has 1 fully saturated rings. The molecule has 0 amide bonds. The minimum absolute atomic E-state index is 0.334. The standard InChI is InChI=1S/C13H14FN3O2/c14-10-7-8(1-4-11(10)18)13-16-12(19-17-13)5-6-15-9-2-3-9/h1,4,7,9,15,18H,2-3,5-6H2. The minimum atomic E-state index is -0.695. The molecule has 5 nitrogen and oxygen atoms in total. The van der Waals surface area contributed by atoms with Gasteiger partial charge in [-0.1, -0.05) is 5.16 Å². The highest BCUT2D eigenvalue weighted by molar-refractivity contribution is 5.55. The Balaban J connectivity index is 1.67. The number of phenols is 1. The smallest absolute Gasteiger partial charge is 0.228 e. The van der Waals surface area contributed by atoms with Crippen LogP contribution in [0.25, 0.3) is 11.4 Å². The van der Waals surface area contributed by atoms with Crippen LogP contribution in [0.2, 0.25) is 0 Å². The summed E-state index contributed by atoms with van der Waals surface area (Å²) >= 11 is 0. The molecule has 2 N–H and O–H groups in total. The molecule has 0 saturated heterocycles. The van der Waals surface area contributed by atoms with Gasteiger partial charge in [-0.15, -0.1) is 0 Å². The van der Waals surface area contributed by atoms with E-state index in [9.17, 15) is 4.39 Å². The van der Waals surface area contributed by atoms with Crippen molar-refractivity contribution in [3.05, 3.63) is 29.9 Å². The molecule has 100 valence electrons. The van der Waals surface area contributed by atoms with Gasteiger partial charge < -0.3 is 14.9 Å². The molecule has 19 heavy (non-hydrogen) atoms. The van der Waals surface area contributed by atoms with Gasteiger partial charge in [-0.3, -0.25) is 0 Å². The van der Waals surface area contributed by atoms with Gasteiger partial charge in [0.1, 0.15) is 0 Å². The Morgan fingerprint density at radius 2 is 2.26 bits per heavy atom. The largest absolute Gasteiger partial charge is 0.505 e. The molecule has 0 spiro atoms. The molecule has 1 aromatic heterocycles. The first-order valence-corrected chi connectivity index (χ1v) is 6.27. The van der Waals surface area contributed by atoms with Crippen LogP contribution >= 0.6 is 0 Å². The SMILES string of the molecule is Oc1ccc(-c2noc(CCNC3CC3)n2)cc1F. The summed E-state index contributed by atoms with van der Waals surface area (Å²) in [6.07, 6.45) is 3.13. The van der Waals surface area contributed by atoms with Crippen LogP contribution in [0.3, 0.4) is 0 Å². The zero-order valence-electron chi connectivity index (χ0n) is 10.3. The summed E-state index contributed by atoms with van der Waals surface area (Å²) < 4.78 is 18.3. The third kappa shape index (κ3) is 2.90. The van der Waals surface area contributed by atoms with E-state index in [1.807, 2.05) is 0 Å². The molecular weight excluding hydrogens is 249 g/mol. The van der Waals surface area contributed by atoms with Gasteiger partial charge in [0.05, 0.1) is 0 Å². The molecule has 0 atom stereocenters. The molecule has 1 heterocycles. The van der Waals surface area contributed by atoms with Gasteiger partial charge in [-0.05, 0) is 31.0 Å². The summed E-state index contributed by atoms with van der Waals surface area (Å²) in [5, 5.41) is 16.3. The van der Waals surface area contributed by atoms with Gasteiger partial charge in [0.25, 0.3) is 0 Å². The van der Waals surface area contributed by atoms with Crippen LogP contribution in [-0.2, 0) is 6.42 Å². The normalized spacial score (nSPS) is 14.8. The summed E-state index contributed by atoms with van der Waals surface area (Å²) in [4.78, 5) is 4.20. The van der Waals surface area contributed by atoms with E-state index < -0.39 is 5.82 Å². The van der Waals surface area contributed by atoms with Crippen molar-refractivity contribution < 1.29 is 14.0 Å². The number of benzene rings is 1. The first-order valence-electron chi connectivity index (χ1n) is 6.27. The highest BCUT2D eigenvalue weighted by Gasteiger charge is 2.20. The zero-order valence-corrected chi connectivity index (χ0v) is 10.3. The minimum Gasteiger partial charge on any atom is -0.505 e. The summed E-state index contributed by atoms with van der Waals surface area (Å²) in [5.41, 5.74) is 0.487. The summed E-state index contributed by atoms with van der Waals surface area (Å²) in [6, 6.07) is 4.66. The maximum atomic E-state index is 13.2. The van der Waals surface area contributed by atoms with Crippen molar-refractivity contribution in [1.82, 2.24) is 15.5 Å². The van der Waals surface area contributed by atoms with Gasteiger partial charge >= 0.3 is 0 Å². The summed E-state index contributed by atoms with van der Waals surface area (Å²) in [7, 11) is 0. The van der Waals surface area contributed by atoms with Crippen LogP contribution in [-0.4, -0.2) is 27.8 Å². The maximum Gasteiger partial charge on any atom is 0.228 e. The molecule has 3 rings (SSSR count). The van der Waals surface area contributed by atoms with Crippen molar-refractivity contribution in [1.29, 1.82) is 0 Å². The molecule has 1 aliphatic rings. The zero-order chi connectivity index (χ0) is 13.2. The fraction of sp³-hybridized carbons (Fsp3) is 0.385. The quantitative estimate of drug-likeness (QED) is 0.861. The molecule has 0 unspecified atom stereocenters. The number of halogens is 1. The monoisotopic (exact) mass is 263 g/mol. The van der Waals surface area contributed by atoms with Gasteiger partial charge in [-0.25, -0.2) is 4.39 Å². The molecule has 1 aliphatic carbocycles. The van der Waals surface area contributed by atoms with Crippen LogP contribution in [0.1, 0.15) is 18.7 Å². The lowest BCUT2D eigenvalue weighted by Gasteiger charge is -1.98. The van der Waals surface area contributed by atoms with Crippen molar-refractivity contribution in [2.45, 2.75) is 25.3 Å². The lowest BCUT2D eigenvalue weighted by atomic mass is 10.2. The lowest BCUT2D eigenvalue weighted by Crippen LogP contribution is -2.19. The number of hydrogen-bond donors (Lipinski definition) is 2. The molecule has 1 aromatic carbocycles. The second-order valence-corrected chi connectivity index (χ2v) is 4.66. The number of aromatic hydroxyl groups is 1. The number of nitrogens with one attached hydrogen (secondary N) is 1. The first kappa shape index (κ1) is 12.1. The van der Waals surface area contributed by atoms with Crippen LogP contribution in [0, 0.1) is 5.82 Å². The Labute approximate surface area is 109 Å². The van der Waals surface area contributed by atoms with Crippen LogP contribution in [0.4, 0.5) is 4.39 Å². The van der Waals surface area contributed by atoms with Crippen molar-refractivity contribution >= 4 is 0 Å². The number of hydrogen-bond acceptors (Lipinski definition) is 5. The number of rotatable bonds is 5. The third-order valence-electron chi connectivity index (χ3n) is 3.02. The Morgan fingerprint density at radius 1 is 1.42 bits per heavy atom. The summed E-state index contributed by atoms with van der Waals surface area (Å²) in [6.45, 7) is 0.802. The molecule has 2 aromatic rings. The van der Waals surface area contributed by atoms with E-state index in [0.717, 1.165) is 6.54 Å². The highest BCUT2D eigenvalue weighted by atomic mass is 19.1. The first-order chi connectivity index (χ1) is 9.22. The van der Waals surface area contributed by atoms with E-state index in [4.69, 9.17) is 9.63 Å². The van der Waals surface area contributed by atoms with E-state index in [-0.39, 0.29) is 5.75 Å². The molecule has 6 heteroatoms. The predicted octanol–water partition coefficient (Wildman–Crippen LogP) is 1.88. The molecule has 0 aliphatic heterocycles. The average Bonchev–Trinajstić information content (AvgIpc) is 3.10. The van der Waals surface area contributed by atoms with E-state index >= 15 is 0 Å². The molecule has 0 bridgehead atoms. The Hall–Kier alpha value is -1.95. The Kier molecular flexibility index (Phi) is 3.16. The second kappa shape index (κ2) is 4.97. The maximum absolute atomic E-state index is 13.2. The van der Waals surface area contributed by atoms with Crippen molar-refractivity contribution in [3.63, 3.8) is 0 Å². The Morgan fingerprint density at radius 3 is 3.00 bits per heavy atom. The fourth-order valence-electron chi connectivity index (χ4n) is 1.79. The number of phenolic OH excluding ortho intramolecular Hbond substituents is 1.